The van der Waals surface area contributed by atoms with Crippen LogP contribution in [-0.4, -0.2) is 30.0 Å². The lowest BCUT2D eigenvalue weighted by Crippen LogP contribution is -2.35. The fraction of sp³-hybridized carbons (Fsp3) is 0.600. The van der Waals surface area contributed by atoms with Gasteiger partial charge in [-0.05, 0) is 25.3 Å². The van der Waals surface area contributed by atoms with Gasteiger partial charge in [0.2, 0.25) is 5.91 Å². The average molecular weight is 295 g/mol. The van der Waals surface area contributed by atoms with E-state index in [-0.39, 0.29) is 24.4 Å². The molecule has 1 amide bonds. The van der Waals surface area contributed by atoms with Crippen molar-refractivity contribution in [3.8, 4) is 0 Å². The monoisotopic (exact) mass is 295 g/mol. The van der Waals surface area contributed by atoms with Gasteiger partial charge in [-0.15, -0.1) is 0 Å². The number of hydrogen-bond acceptors (Lipinski definition) is 5. The van der Waals surface area contributed by atoms with Crippen LogP contribution in [0.5, 0.6) is 0 Å². The minimum Gasteiger partial charge on any atom is -0.421 e. The molecule has 21 heavy (non-hydrogen) atoms. The Bertz CT molecular complexity index is 441. The maximum Gasteiger partial charge on any atom is 0.334 e. The largest absolute Gasteiger partial charge is 0.421 e. The van der Waals surface area contributed by atoms with E-state index < -0.39 is 17.8 Å². The standard InChI is InChI=1S/C15H21NO5/c1-2-3-4-5-6-7-13(12(18)10-17)21-15(20)11-8-9-14(19)16-11/h7,10-11H,2-6,8-9H2,1H3,(H,16,19)/t11-/m0/s1. The molecule has 1 atom stereocenters. The van der Waals surface area contributed by atoms with Crippen molar-refractivity contribution >= 4 is 23.9 Å². The summed E-state index contributed by atoms with van der Waals surface area (Å²) in [6, 6.07) is -0.736. The van der Waals surface area contributed by atoms with Crippen molar-refractivity contribution in [3.63, 3.8) is 0 Å². The molecule has 1 rings (SSSR count). The van der Waals surface area contributed by atoms with Gasteiger partial charge in [0, 0.05) is 6.42 Å². The zero-order valence-corrected chi connectivity index (χ0v) is 12.2. The minimum absolute atomic E-state index is 0.123. The number of nitrogens with one attached hydrogen (secondary N) is 1. The molecule has 0 aliphatic carbocycles. The van der Waals surface area contributed by atoms with Crippen LogP contribution in [0.2, 0.25) is 0 Å². The Balaban J connectivity index is 2.54. The van der Waals surface area contributed by atoms with Crippen LogP contribution < -0.4 is 5.32 Å². The summed E-state index contributed by atoms with van der Waals surface area (Å²) in [6.45, 7) is 2.09. The van der Waals surface area contributed by atoms with E-state index in [0.717, 1.165) is 25.7 Å². The van der Waals surface area contributed by atoms with Gasteiger partial charge in [0.25, 0.3) is 5.78 Å². The zero-order valence-electron chi connectivity index (χ0n) is 12.2. The summed E-state index contributed by atoms with van der Waals surface area (Å²) in [5.74, 6) is -2.02. The van der Waals surface area contributed by atoms with Crippen LogP contribution in [0.25, 0.3) is 0 Å². The van der Waals surface area contributed by atoms with Gasteiger partial charge in [0.1, 0.15) is 6.04 Å². The summed E-state index contributed by atoms with van der Waals surface area (Å²) in [6.07, 6.45) is 6.84. The highest BCUT2D eigenvalue weighted by Crippen LogP contribution is 2.12. The molecule has 0 aromatic rings. The first-order valence-electron chi connectivity index (χ1n) is 7.29. The van der Waals surface area contributed by atoms with Gasteiger partial charge in [-0.3, -0.25) is 14.4 Å². The number of allylic oxidation sites excluding steroid dienone is 2. The number of ketones is 1. The third-order valence-corrected chi connectivity index (χ3v) is 3.23. The van der Waals surface area contributed by atoms with Crippen LogP contribution in [0.1, 0.15) is 51.9 Å². The van der Waals surface area contributed by atoms with Crippen molar-refractivity contribution in [1.82, 2.24) is 5.32 Å². The molecule has 0 unspecified atom stereocenters. The maximum atomic E-state index is 11.8. The van der Waals surface area contributed by atoms with Gasteiger partial charge in [-0.25, -0.2) is 4.79 Å². The quantitative estimate of drug-likeness (QED) is 0.173. The average Bonchev–Trinajstić information content (AvgIpc) is 2.91. The molecular formula is C15H21NO5. The topological polar surface area (TPSA) is 89.5 Å². The predicted octanol–water partition coefficient (Wildman–Crippen LogP) is 1.43. The third-order valence-electron chi connectivity index (χ3n) is 3.23. The van der Waals surface area contributed by atoms with E-state index in [0.29, 0.717) is 12.8 Å². The second-order valence-corrected chi connectivity index (χ2v) is 4.98. The molecule has 0 spiro atoms. The van der Waals surface area contributed by atoms with Crippen LogP contribution in [0, 0.1) is 0 Å². The second-order valence-electron chi connectivity index (χ2n) is 4.98. The van der Waals surface area contributed by atoms with Crippen molar-refractivity contribution in [2.24, 2.45) is 0 Å². The summed E-state index contributed by atoms with van der Waals surface area (Å²) in [4.78, 5) is 44.9. The Kier molecular flexibility index (Phi) is 7.36. The van der Waals surface area contributed by atoms with Crippen LogP contribution in [-0.2, 0) is 23.9 Å². The van der Waals surface area contributed by atoms with Crippen LogP contribution >= 0.6 is 0 Å². The fourth-order valence-corrected chi connectivity index (χ4v) is 2.03. The molecule has 0 saturated carbocycles. The van der Waals surface area contributed by atoms with Gasteiger partial charge in [-0.1, -0.05) is 26.2 Å². The summed E-state index contributed by atoms with van der Waals surface area (Å²) in [5.41, 5.74) is 0. The number of carbonyl (C=O) groups is 4. The highest BCUT2D eigenvalue weighted by atomic mass is 16.5. The van der Waals surface area contributed by atoms with Gasteiger partial charge in [-0.2, -0.15) is 0 Å². The molecule has 0 aromatic carbocycles. The molecule has 1 saturated heterocycles. The number of aldehydes is 1. The van der Waals surface area contributed by atoms with Crippen LogP contribution in [0.15, 0.2) is 11.8 Å². The van der Waals surface area contributed by atoms with E-state index in [4.69, 9.17) is 4.74 Å². The summed E-state index contributed by atoms with van der Waals surface area (Å²) < 4.78 is 4.97. The first-order valence-corrected chi connectivity index (χ1v) is 7.29. The molecular weight excluding hydrogens is 274 g/mol. The molecule has 0 radical (unpaired) electrons. The Morgan fingerprint density at radius 1 is 1.33 bits per heavy atom. The lowest BCUT2D eigenvalue weighted by molar-refractivity contribution is -0.145. The van der Waals surface area contributed by atoms with E-state index in [9.17, 15) is 19.2 Å². The Morgan fingerprint density at radius 2 is 2.10 bits per heavy atom. The summed E-state index contributed by atoms with van der Waals surface area (Å²) in [7, 11) is 0. The lowest BCUT2D eigenvalue weighted by Gasteiger charge is -2.10. The van der Waals surface area contributed by atoms with Crippen molar-refractivity contribution in [1.29, 1.82) is 0 Å². The van der Waals surface area contributed by atoms with Gasteiger partial charge in [0.05, 0.1) is 0 Å². The normalized spacial score (nSPS) is 18.2. The molecule has 116 valence electrons. The third kappa shape index (κ3) is 5.89. The van der Waals surface area contributed by atoms with E-state index in [1.807, 2.05) is 0 Å². The number of esters is 1. The number of unbranched alkanes of at least 4 members (excludes halogenated alkanes) is 4. The smallest absolute Gasteiger partial charge is 0.334 e. The number of rotatable bonds is 9. The van der Waals surface area contributed by atoms with E-state index >= 15 is 0 Å². The van der Waals surface area contributed by atoms with E-state index in [1.54, 1.807) is 0 Å². The molecule has 6 nitrogen and oxygen atoms in total. The molecule has 1 heterocycles. The van der Waals surface area contributed by atoms with Crippen molar-refractivity contribution in [2.45, 2.75) is 57.9 Å². The second kappa shape index (κ2) is 9.05. The highest BCUT2D eigenvalue weighted by Gasteiger charge is 2.30. The first kappa shape index (κ1) is 17.1. The first-order chi connectivity index (χ1) is 10.1. The fourth-order valence-electron chi connectivity index (χ4n) is 2.03. The predicted molar refractivity (Wildman–Crippen MR) is 75.2 cm³/mol. The Morgan fingerprint density at radius 3 is 2.67 bits per heavy atom. The van der Waals surface area contributed by atoms with Gasteiger partial charge < -0.3 is 10.1 Å². The summed E-state index contributed by atoms with van der Waals surface area (Å²) in [5, 5.41) is 2.46. The van der Waals surface area contributed by atoms with Crippen LogP contribution in [0.4, 0.5) is 0 Å². The SMILES string of the molecule is CCCCCCC=C(OC(=O)[C@@H]1CCC(=O)N1)C(=O)C=O. The molecule has 1 aliphatic rings. The molecule has 1 fully saturated rings. The van der Waals surface area contributed by atoms with Crippen molar-refractivity contribution in [2.75, 3.05) is 0 Å². The summed E-state index contributed by atoms with van der Waals surface area (Å²) >= 11 is 0. The number of amides is 1. The molecule has 0 bridgehead atoms. The van der Waals surface area contributed by atoms with E-state index in [1.165, 1.54) is 6.08 Å². The number of carbonyl (C=O) groups excluding carboxylic acids is 4. The zero-order chi connectivity index (χ0) is 15.7. The number of ether oxygens (including phenoxy) is 1. The van der Waals surface area contributed by atoms with E-state index in [2.05, 4.69) is 12.2 Å². The molecule has 0 aromatic heterocycles. The van der Waals surface area contributed by atoms with Crippen molar-refractivity contribution < 1.29 is 23.9 Å². The minimum atomic E-state index is -0.858. The van der Waals surface area contributed by atoms with Gasteiger partial charge in [0.15, 0.2) is 12.0 Å². The number of Topliss-reactive ketones (excluding diaryl/α,β-unsaturated/α-hetero) is 1. The Hall–Kier alpha value is -1.98. The molecule has 1 aliphatic heterocycles. The molecule has 1 N–H and O–H groups in total. The Labute approximate surface area is 123 Å². The number of hydrogen-bond donors (Lipinski definition) is 1. The molecule has 6 heteroatoms. The van der Waals surface area contributed by atoms with Gasteiger partial charge >= 0.3 is 5.97 Å². The lowest BCUT2D eigenvalue weighted by atomic mass is 10.1. The highest BCUT2D eigenvalue weighted by molar-refractivity contribution is 6.32. The maximum absolute atomic E-state index is 11.8. The van der Waals surface area contributed by atoms with Crippen LogP contribution in [0.3, 0.4) is 0 Å². The van der Waals surface area contributed by atoms with Crippen molar-refractivity contribution in [3.05, 3.63) is 11.8 Å².